The van der Waals surface area contributed by atoms with Gasteiger partial charge in [-0.15, -0.1) is 10.2 Å². The van der Waals surface area contributed by atoms with Gasteiger partial charge in [0.1, 0.15) is 0 Å². The molecule has 0 radical (unpaired) electrons. The van der Waals surface area contributed by atoms with Crippen molar-refractivity contribution in [1.29, 1.82) is 0 Å². The molecule has 0 aliphatic heterocycles. The van der Waals surface area contributed by atoms with Crippen LogP contribution in [0.3, 0.4) is 0 Å². The van der Waals surface area contributed by atoms with Gasteiger partial charge in [0, 0.05) is 12.1 Å². The molecule has 1 N–H and O–H groups in total. The normalized spacial score (nSPS) is 24.3. The van der Waals surface area contributed by atoms with Gasteiger partial charge in [0.25, 0.3) is 0 Å². The van der Waals surface area contributed by atoms with Crippen LogP contribution >= 0.6 is 11.8 Å². The second-order valence-corrected chi connectivity index (χ2v) is 9.89. The lowest BCUT2D eigenvalue weighted by atomic mass is 9.86. The van der Waals surface area contributed by atoms with Gasteiger partial charge < -0.3 is 9.73 Å². The highest BCUT2D eigenvalue weighted by atomic mass is 32.2. The van der Waals surface area contributed by atoms with Crippen LogP contribution in [0.15, 0.2) is 28.0 Å². The first-order valence-corrected chi connectivity index (χ1v) is 12.0. The molecule has 0 aromatic carbocycles. The first kappa shape index (κ1) is 20.5. The topological polar surface area (TPSA) is 73.0 Å². The molecule has 2 aromatic heterocycles. The number of nitrogens with one attached hydrogen (secondary N) is 1. The number of amides is 1. The number of furan rings is 1. The van der Waals surface area contributed by atoms with Crippen LogP contribution in [-0.2, 0) is 4.79 Å². The number of aromatic nitrogens is 3. The van der Waals surface area contributed by atoms with E-state index >= 15 is 0 Å². The third-order valence-corrected chi connectivity index (χ3v) is 7.49. The highest BCUT2D eigenvalue weighted by molar-refractivity contribution is 8.00. The van der Waals surface area contributed by atoms with Gasteiger partial charge in [-0.05, 0) is 50.7 Å². The van der Waals surface area contributed by atoms with Crippen LogP contribution in [0.2, 0.25) is 0 Å². The van der Waals surface area contributed by atoms with Crippen LogP contribution in [0.4, 0.5) is 0 Å². The second-order valence-electron chi connectivity index (χ2n) is 8.58. The summed E-state index contributed by atoms with van der Waals surface area (Å²) in [6, 6.07) is 4.48. The fraction of sp³-hybridized carbons (Fsp3) is 0.682. The molecule has 0 saturated heterocycles. The predicted octanol–water partition coefficient (Wildman–Crippen LogP) is 5.22. The number of nitrogens with zero attached hydrogens (tertiary/aromatic N) is 3. The highest BCUT2D eigenvalue weighted by Gasteiger charge is 2.29. The van der Waals surface area contributed by atoms with Gasteiger partial charge in [0.2, 0.25) is 11.7 Å². The molecule has 3 atom stereocenters. The lowest BCUT2D eigenvalue weighted by Gasteiger charge is -2.30. The maximum atomic E-state index is 12.9. The van der Waals surface area contributed by atoms with Crippen molar-refractivity contribution < 1.29 is 9.21 Å². The van der Waals surface area contributed by atoms with Crippen LogP contribution < -0.4 is 5.32 Å². The summed E-state index contributed by atoms with van der Waals surface area (Å²) in [4.78, 5) is 12.9. The van der Waals surface area contributed by atoms with Crippen molar-refractivity contribution in [2.75, 3.05) is 0 Å². The molecule has 7 heteroatoms. The maximum Gasteiger partial charge on any atom is 0.233 e. The first-order chi connectivity index (χ1) is 14.1. The summed E-state index contributed by atoms with van der Waals surface area (Å²) in [6.45, 7) is 4.22. The average molecular weight is 417 g/mol. The zero-order chi connectivity index (χ0) is 20.2. The molecule has 1 amide bonds. The Balaban J connectivity index is 1.50. The lowest BCUT2D eigenvalue weighted by molar-refractivity contribution is -0.121. The third-order valence-electron chi connectivity index (χ3n) is 6.44. The molecule has 2 fully saturated rings. The van der Waals surface area contributed by atoms with Crippen LogP contribution in [0.1, 0.15) is 77.7 Å². The van der Waals surface area contributed by atoms with Gasteiger partial charge in [-0.1, -0.05) is 50.8 Å². The second kappa shape index (κ2) is 9.37. The standard InChI is InChI=1S/C22H32N4O2S/c1-15-9-6-7-12-18(15)23-21(27)16(2)29-22-25-24-20(19-13-8-14-28-19)26(22)17-10-4-3-5-11-17/h8,13-18H,3-7,9-12H2,1-2H3,(H,23,27). The van der Waals surface area contributed by atoms with E-state index in [0.717, 1.165) is 36.0 Å². The zero-order valence-electron chi connectivity index (χ0n) is 17.5. The van der Waals surface area contributed by atoms with Crippen molar-refractivity contribution in [3.05, 3.63) is 18.4 Å². The van der Waals surface area contributed by atoms with E-state index in [1.807, 2.05) is 19.1 Å². The van der Waals surface area contributed by atoms with Crippen molar-refractivity contribution in [1.82, 2.24) is 20.1 Å². The summed E-state index contributed by atoms with van der Waals surface area (Å²) in [5.41, 5.74) is 0. The lowest BCUT2D eigenvalue weighted by Crippen LogP contribution is -2.44. The monoisotopic (exact) mass is 416 g/mol. The smallest absolute Gasteiger partial charge is 0.233 e. The molecular formula is C22H32N4O2S. The summed E-state index contributed by atoms with van der Waals surface area (Å²) in [6.07, 6.45) is 12.4. The van der Waals surface area contributed by atoms with Gasteiger partial charge >= 0.3 is 0 Å². The van der Waals surface area contributed by atoms with Crippen LogP contribution in [0.5, 0.6) is 0 Å². The summed E-state index contributed by atoms with van der Waals surface area (Å²) >= 11 is 1.52. The summed E-state index contributed by atoms with van der Waals surface area (Å²) in [5, 5.41) is 12.8. The van der Waals surface area contributed by atoms with Gasteiger partial charge in [-0.3, -0.25) is 9.36 Å². The number of thioether (sulfide) groups is 1. The number of hydrogen-bond acceptors (Lipinski definition) is 5. The fourth-order valence-corrected chi connectivity index (χ4v) is 5.57. The number of hydrogen-bond donors (Lipinski definition) is 1. The van der Waals surface area contributed by atoms with Gasteiger partial charge in [0.05, 0.1) is 11.5 Å². The van der Waals surface area contributed by atoms with E-state index in [9.17, 15) is 4.79 Å². The predicted molar refractivity (Wildman–Crippen MR) is 115 cm³/mol. The molecule has 29 heavy (non-hydrogen) atoms. The van der Waals surface area contributed by atoms with E-state index < -0.39 is 0 Å². The van der Waals surface area contributed by atoms with Crippen molar-refractivity contribution in [2.45, 2.75) is 94.1 Å². The molecule has 2 aliphatic carbocycles. The molecule has 2 aromatic rings. The van der Waals surface area contributed by atoms with Crippen molar-refractivity contribution in [3.63, 3.8) is 0 Å². The van der Waals surface area contributed by atoms with Crippen molar-refractivity contribution in [2.24, 2.45) is 5.92 Å². The molecule has 0 spiro atoms. The van der Waals surface area contributed by atoms with E-state index in [1.165, 1.54) is 50.3 Å². The van der Waals surface area contributed by atoms with Gasteiger partial charge in [0.15, 0.2) is 10.9 Å². The zero-order valence-corrected chi connectivity index (χ0v) is 18.3. The number of carbonyl (C=O) groups excluding carboxylic acids is 1. The molecule has 6 nitrogen and oxygen atoms in total. The SMILES string of the molecule is CC(Sc1nnc(-c2ccco2)n1C1CCCCC1)C(=O)NC1CCCCC1C. The summed E-state index contributed by atoms with van der Waals surface area (Å²) < 4.78 is 7.84. The van der Waals surface area contributed by atoms with Crippen molar-refractivity contribution >= 4 is 17.7 Å². The molecule has 0 bridgehead atoms. The molecule has 2 heterocycles. The number of rotatable bonds is 6. The quantitative estimate of drug-likeness (QED) is 0.654. The Hall–Kier alpha value is -1.76. The molecule has 4 rings (SSSR count). The summed E-state index contributed by atoms with van der Waals surface area (Å²) in [5.74, 6) is 2.17. The molecule has 3 unspecified atom stereocenters. The first-order valence-electron chi connectivity index (χ1n) is 11.1. The van der Waals surface area contributed by atoms with Crippen molar-refractivity contribution in [3.8, 4) is 11.6 Å². The van der Waals surface area contributed by atoms with E-state index in [-0.39, 0.29) is 11.2 Å². The molecular weight excluding hydrogens is 384 g/mol. The van der Waals surface area contributed by atoms with E-state index in [4.69, 9.17) is 4.42 Å². The minimum Gasteiger partial charge on any atom is -0.461 e. The Bertz CT molecular complexity index is 798. The van der Waals surface area contributed by atoms with E-state index in [1.54, 1.807) is 6.26 Å². The average Bonchev–Trinajstić information content (AvgIpc) is 3.40. The van der Waals surface area contributed by atoms with Gasteiger partial charge in [-0.2, -0.15) is 0 Å². The fourth-order valence-electron chi connectivity index (χ4n) is 4.64. The largest absolute Gasteiger partial charge is 0.461 e. The number of carbonyl (C=O) groups is 1. The van der Waals surface area contributed by atoms with E-state index in [2.05, 4.69) is 27.0 Å². The van der Waals surface area contributed by atoms with Gasteiger partial charge in [-0.25, -0.2) is 0 Å². The minimum absolute atomic E-state index is 0.103. The maximum absolute atomic E-state index is 12.9. The highest BCUT2D eigenvalue weighted by Crippen LogP contribution is 2.36. The third kappa shape index (κ3) is 4.71. The molecule has 158 valence electrons. The van der Waals surface area contributed by atoms with Crippen LogP contribution in [0, 0.1) is 5.92 Å². The minimum atomic E-state index is -0.208. The Morgan fingerprint density at radius 2 is 1.93 bits per heavy atom. The molecule has 2 saturated carbocycles. The summed E-state index contributed by atoms with van der Waals surface area (Å²) in [7, 11) is 0. The Kier molecular flexibility index (Phi) is 6.63. The Morgan fingerprint density at radius 3 is 2.66 bits per heavy atom. The van der Waals surface area contributed by atoms with Crippen LogP contribution in [-0.4, -0.2) is 32.0 Å². The van der Waals surface area contributed by atoms with E-state index in [0.29, 0.717) is 18.0 Å². The Morgan fingerprint density at radius 1 is 1.17 bits per heavy atom. The van der Waals surface area contributed by atoms with Crippen LogP contribution in [0.25, 0.3) is 11.6 Å². The molecule has 2 aliphatic rings. The Labute approximate surface area is 177 Å².